The molecule has 1 amide bonds. The summed E-state index contributed by atoms with van der Waals surface area (Å²) in [5.41, 5.74) is 2.21. The van der Waals surface area contributed by atoms with Crippen LogP contribution < -0.4 is 4.65 Å². The summed E-state index contributed by atoms with van der Waals surface area (Å²) in [5.74, 6) is -0.494. The summed E-state index contributed by atoms with van der Waals surface area (Å²) in [7, 11) is 0. The van der Waals surface area contributed by atoms with Gasteiger partial charge < -0.3 is 10.2 Å². The van der Waals surface area contributed by atoms with Gasteiger partial charge >= 0.3 is 5.91 Å². The molecule has 0 bridgehead atoms. The molecule has 0 fully saturated rings. The zero-order valence-corrected chi connectivity index (χ0v) is 11.7. The van der Waals surface area contributed by atoms with Crippen LogP contribution in [-0.2, 0) is 4.79 Å². The largest absolute Gasteiger partial charge is 0.614 e. The zero-order valence-electron chi connectivity index (χ0n) is 11.7. The predicted molar refractivity (Wildman–Crippen MR) is 87.0 cm³/mol. The number of hydrogen-bond donors (Lipinski definition) is 1. The number of aromatic amines is 1. The highest BCUT2D eigenvalue weighted by molar-refractivity contribution is 6.12. The normalized spacial score (nSPS) is 20.9. The number of aliphatic imine (C=N–C) groups is 1. The summed E-state index contributed by atoms with van der Waals surface area (Å²) in [5, 5.41) is 14.4. The first-order chi connectivity index (χ1) is 10.7. The number of para-hydroxylation sites is 2. The van der Waals surface area contributed by atoms with Crippen molar-refractivity contribution in [2.45, 2.75) is 0 Å². The molecule has 5 heteroatoms. The van der Waals surface area contributed by atoms with Gasteiger partial charge in [0.25, 0.3) is 0 Å². The van der Waals surface area contributed by atoms with Crippen molar-refractivity contribution >= 4 is 34.4 Å². The number of fused-ring (bicyclic) bond motifs is 3. The molecule has 0 aliphatic carbocycles. The second-order valence-electron chi connectivity index (χ2n) is 5.24. The maximum absolute atomic E-state index is 13.7. The molecule has 108 valence electrons. The van der Waals surface area contributed by atoms with Crippen LogP contribution in [0.2, 0.25) is 0 Å². The molecule has 3 aromatic rings. The summed E-state index contributed by atoms with van der Waals surface area (Å²) < 4.78 is -1.12. The number of hydroxylamine groups is 1. The number of H-pyrrole nitrogens is 1. The number of benzene rings is 2. The van der Waals surface area contributed by atoms with E-state index in [0.717, 1.165) is 10.9 Å². The van der Waals surface area contributed by atoms with Crippen molar-refractivity contribution in [3.05, 3.63) is 65.5 Å². The lowest BCUT2D eigenvalue weighted by Crippen LogP contribution is -2.45. The molecule has 1 N–H and O–H groups in total. The summed E-state index contributed by atoms with van der Waals surface area (Å²) in [6.45, 7) is -0.130. The molecule has 22 heavy (non-hydrogen) atoms. The molecule has 5 nitrogen and oxygen atoms in total. The Balaban J connectivity index is 2.11. The van der Waals surface area contributed by atoms with Gasteiger partial charge in [-0.3, -0.25) is 4.99 Å². The third-order valence-corrected chi connectivity index (χ3v) is 3.94. The Hall–Kier alpha value is -2.76. The maximum Gasteiger partial charge on any atom is 0.345 e. The highest BCUT2D eigenvalue weighted by Gasteiger charge is 2.38. The Morgan fingerprint density at radius 2 is 1.77 bits per heavy atom. The van der Waals surface area contributed by atoms with Crippen LogP contribution in [0.25, 0.3) is 10.9 Å². The van der Waals surface area contributed by atoms with Gasteiger partial charge in [0.2, 0.25) is 0 Å². The molecule has 0 saturated heterocycles. The van der Waals surface area contributed by atoms with Gasteiger partial charge in [0.15, 0.2) is 12.2 Å². The molecular formula is C17H13N3O2. The zero-order chi connectivity index (χ0) is 15.2. The molecular weight excluding hydrogens is 278 g/mol. The summed E-state index contributed by atoms with van der Waals surface area (Å²) in [4.78, 5) is 19.8. The van der Waals surface area contributed by atoms with Crippen LogP contribution in [-0.4, -0.2) is 23.7 Å². The number of hydrogen-bond acceptors (Lipinski definition) is 3. The van der Waals surface area contributed by atoms with E-state index in [-0.39, 0.29) is 6.54 Å². The van der Waals surface area contributed by atoms with Crippen LogP contribution in [0.1, 0.15) is 5.69 Å². The number of nitrogens with zero attached hydrogens (tertiary/aromatic N) is 2. The fourth-order valence-electron chi connectivity index (χ4n) is 2.93. The van der Waals surface area contributed by atoms with Gasteiger partial charge in [-0.15, -0.1) is 0 Å². The molecule has 1 atom stereocenters. The Bertz CT molecular complexity index is 899. The number of carbonyl (C=O) groups is 1. The highest BCUT2D eigenvalue weighted by Crippen LogP contribution is 2.42. The molecule has 0 radical (unpaired) electrons. The van der Waals surface area contributed by atoms with Gasteiger partial charge in [-0.2, -0.15) is 0 Å². The first-order valence-corrected chi connectivity index (χ1v) is 7.01. The summed E-state index contributed by atoms with van der Waals surface area (Å²) in [6, 6.07) is 16.2. The van der Waals surface area contributed by atoms with E-state index in [1.165, 1.54) is 0 Å². The van der Waals surface area contributed by atoms with E-state index in [0.29, 0.717) is 17.1 Å². The van der Waals surface area contributed by atoms with Gasteiger partial charge in [-0.25, -0.2) is 9.44 Å². The molecule has 0 spiro atoms. The van der Waals surface area contributed by atoms with Gasteiger partial charge in [-0.1, -0.05) is 30.3 Å². The average Bonchev–Trinajstić information content (AvgIpc) is 2.87. The average molecular weight is 291 g/mol. The minimum atomic E-state index is -1.12. The second-order valence-corrected chi connectivity index (χ2v) is 5.24. The van der Waals surface area contributed by atoms with Gasteiger partial charge in [0, 0.05) is 12.1 Å². The van der Waals surface area contributed by atoms with E-state index in [1.807, 2.05) is 30.3 Å². The monoisotopic (exact) mass is 291 g/mol. The number of aromatic nitrogens is 1. The molecule has 2 aromatic carbocycles. The first kappa shape index (κ1) is 12.9. The molecule has 1 aliphatic heterocycles. The standard InChI is InChI=1S/C17H13N3O2/c21-16-11-18-10-15-17(13-8-4-5-9-14(13)19-15)20(16,22)12-6-2-1-3-7-12/h1-10,19H,11H2. The lowest BCUT2D eigenvalue weighted by molar-refractivity contribution is -0.124. The van der Waals surface area contributed by atoms with Gasteiger partial charge in [-0.05, 0) is 12.1 Å². The van der Waals surface area contributed by atoms with Crippen molar-refractivity contribution in [1.82, 2.24) is 9.63 Å². The molecule has 1 unspecified atom stereocenters. The highest BCUT2D eigenvalue weighted by atomic mass is 16.6. The molecule has 4 rings (SSSR count). The van der Waals surface area contributed by atoms with Crippen molar-refractivity contribution in [1.29, 1.82) is 0 Å². The third-order valence-electron chi connectivity index (χ3n) is 3.94. The SMILES string of the molecule is O=C1CN=Cc2[nH]c3ccccc3c2[N+]1([O-])c1ccccc1. The van der Waals surface area contributed by atoms with E-state index in [9.17, 15) is 10.0 Å². The minimum absolute atomic E-state index is 0.130. The van der Waals surface area contributed by atoms with Crippen LogP contribution >= 0.6 is 0 Å². The van der Waals surface area contributed by atoms with Crippen LogP contribution in [0.5, 0.6) is 0 Å². The first-order valence-electron chi connectivity index (χ1n) is 7.01. The molecule has 1 aromatic heterocycles. The molecule has 0 saturated carbocycles. The fraction of sp³-hybridized carbons (Fsp3) is 0.0588. The van der Waals surface area contributed by atoms with Crippen molar-refractivity contribution < 1.29 is 4.79 Å². The Morgan fingerprint density at radius 3 is 2.59 bits per heavy atom. The summed E-state index contributed by atoms with van der Waals surface area (Å²) in [6.07, 6.45) is 1.58. The van der Waals surface area contributed by atoms with E-state index >= 15 is 0 Å². The molecule has 2 heterocycles. The second kappa shape index (κ2) is 4.62. The van der Waals surface area contributed by atoms with Gasteiger partial charge in [0.05, 0.1) is 17.1 Å². The van der Waals surface area contributed by atoms with Crippen LogP contribution in [0, 0.1) is 5.21 Å². The van der Waals surface area contributed by atoms with Crippen molar-refractivity contribution in [2.75, 3.05) is 6.54 Å². The van der Waals surface area contributed by atoms with Crippen molar-refractivity contribution in [2.24, 2.45) is 4.99 Å². The quantitative estimate of drug-likeness (QED) is 0.552. The Kier molecular flexibility index (Phi) is 2.72. The van der Waals surface area contributed by atoms with E-state index < -0.39 is 10.6 Å². The lowest BCUT2D eigenvalue weighted by atomic mass is 10.1. The van der Waals surface area contributed by atoms with E-state index in [2.05, 4.69) is 9.98 Å². The number of carbonyl (C=O) groups excluding carboxylic acids is 1. The van der Waals surface area contributed by atoms with Crippen molar-refractivity contribution in [3.63, 3.8) is 0 Å². The maximum atomic E-state index is 13.7. The smallest absolute Gasteiger partial charge is 0.345 e. The number of nitrogens with one attached hydrogen (secondary N) is 1. The van der Waals surface area contributed by atoms with Crippen LogP contribution in [0.3, 0.4) is 0 Å². The van der Waals surface area contributed by atoms with Crippen LogP contribution in [0.4, 0.5) is 11.4 Å². The number of rotatable bonds is 1. The number of amides is 1. The van der Waals surface area contributed by atoms with Crippen molar-refractivity contribution in [3.8, 4) is 0 Å². The van der Waals surface area contributed by atoms with E-state index in [4.69, 9.17) is 0 Å². The molecule has 1 aliphatic rings. The van der Waals surface area contributed by atoms with Gasteiger partial charge in [0.1, 0.15) is 11.4 Å². The van der Waals surface area contributed by atoms with E-state index in [1.54, 1.807) is 30.5 Å². The third kappa shape index (κ3) is 1.67. The topological polar surface area (TPSA) is 68.3 Å². The fourth-order valence-corrected chi connectivity index (χ4v) is 2.93. The number of quaternary nitrogens is 1. The Morgan fingerprint density at radius 1 is 1.05 bits per heavy atom. The van der Waals surface area contributed by atoms with Crippen LogP contribution in [0.15, 0.2) is 59.6 Å². The minimum Gasteiger partial charge on any atom is -0.614 e. The Labute approximate surface area is 126 Å². The predicted octanol–water partition coefficient (Wildman–Crippen LogP) is 3.26. The summed E-state index contributed by atoms with van der Waals surface area (Å²) >= 11 is 0. The lowest BCUT2D eigenvalue weighted by Gasteiger charge is -2.37.